The van der Waals surface area contributed by atoms with Gasteiger partial charge in [-0.05, 0) is 71.9 Å². The second kappa shape index (κ2) is 7.07. The number of rotatable bonds is 4. The molecule has 3 unspecified atom stereocenters. The molecule has 1 aromatic carbocycles. The topological polar surface area (TPSA) is 12.0 Å². The first-order valence-electron chi connectivity index (χ1n) is 7.59. The standard InChI is InChI=1S/C17H26IN/c1-12(2)16-6-4-5-7-17(16)19-13(3)14-8-10-15(18)11-9-14/h8-13,16-17,19H,4-7H2,1-3H3. The van der Waals surface area contributed by atoms with E-state index in [9.17, 15) is 0 Å². The molecule has 1 fully saturated rings. The van der Waals surface area contributed by atoms with Gasteiger partial charge in [-0.2, -0.15) is 0 Å². The summed E-state index contributed by atoms with van der Waals surface area (Å²) < 4.78 is 1.31. The second-order valence-corrected chi connectivity index (χ2v) is 7.48. The Balaban J connectivity index is 2.00. The van der Waals surface area contributed by atoms with Gasteiger partial charge in [0.1, 0.15) is 0 Å². The Bertz CT molecular complexity index is 385. The van der Waals surface area contributed by atoms with Crippen molar-refractivity contribution in [3.63, 3.8) is 0 Å². The fourth-order valence-corrected chi connectivity index (χ4v) is 3.69. The maximum absolute atomic E-state index is 3.88. The van der Waals surface area contributed by atoms with E-state index < -0.39 is 0 Å². The van der Waals surface area contributed by atoms with Gasteiger partial charge < -0.3 is 5.32 Å². The molecule has 0 saturated heterocycles. The first kappa shape index (κ1) is 15.3. The lowest BCUT2D eigenvalue weighted by molar-refractivity contribution is 0.195. The highest BCUT2D eigenvalue weighted by atomic mass is 127. The summed E-state index contributed by atoms with van der Waals surface area (Å²) in [6, 6.07) is 10.1. The van der Waals surface area contributed by atoms with Crippen LogP contribution >= 0.6 is 22.6 Å². The van der Waals surface area contributed by atoms with E-state index in [-0.39, 0.29) is 0 Å². The zero-order valence-corrected chi connectivity index (χ0v) is 14.5. The van der Waals surface area contributed by atoms with Crippen molar-refractivity contribution < 1.29 is 0 Å². The molecule has 3 atom stereocenters. The lowest BCUT2D eigenvalue weighted by Crippen LogP contribution is -2.42. The molecule has 1 aromatic rings. The molecule has 0 aromatic heterocycles. The maximum Gasteiger partial charge on any atom is 0.0294 e. The van der Waals surface area contributed by atoms with Crippen molar-refractivity contribution >= 4 is 22.6 Å². The molecular formula is C17H26IN. The number of halogens is 1. The molecule has 1 saturated carbocycles. The van der Waals surface area contributed by atoms with Gasteiger partial charge in [0.05, 0.1) is 0 Å². The molecule has 2 rings (SSSR count). The summed E-state index contributed by atoms with van der Waals surface area (Å²) in [5.41, 5.74) is 1.41. The number of benzene rings is 1. The fraction of sp³-hybridized carbons (Fsp3) is 0.647. The Morgan fingerprint density at radius 3 is 2.32 bits per heavy atom. The Hall–Kier alpha value is -0.0900. The molecule has 1 aliphatic rings. The molecular weight excluding hydrogens is 345 g/mol. The largest absolute Gasteiger partial charge is 0.307 e. The van der Waals surface area contributed by atoms with Crippen LogP contribution < -0.4 is 5.32 Å². The summed E-state index contributed by atoms with van der Waals surface area (Å²) in [5.74, 6) is 1.64. The van der Waals surface area contributed by atoms with Gasteiger partial charge in [-0.25, -0.2) is 0 Å². The third kappa shape index (κ3) is 4.19. The molecule has 0 bridgehead atoms. The summed E-state index contributed by atoms with van der Waals surface area (Å²) in [6.07, 6.45) is 5.55. The zero-order chi connectivity index (χ0) is 13.8. The van der Waals surface area contributed by atoms with E-state index in [0.29, 0.717) is 12.1 Å². The number of hydrogen-bond acceptors (Lipinski definition) is 1. The third-order valence-electron chi connectivity index (χ3n) is 4.51. The predicted octanol–water partition coefficient (Wildman–Crippen LogP) is 5.16. The van der Waals surface area contributed by atoms with Crippen LogP contribution in [0.1, 0.15) is 58.1 Å². The first-order valence-corrected chi connectivity index (χ1v) is 8.67. The molecule has 0 aliphatic heterocycles. The lowest BCUT2D eigenvalue weighted by atomic mass is 9.77. The van der Waals surface area contributed by atoms with E-state index in [4.69, 9.17) is 0 Å². The van der Waals surface area contributed by atoms with Crippen LogP contribution in [0, 0.1) is 15.4 Å². The van der Waals surface area contributed by atoms with E-state index in [2.05, 4.69) is 72.9 Å². The average molecular weight is 371 g/mol. The van der Waals surface area contributed by atoms with Crippen LogP contribution in [0.25, 0.3) is 0 Å². The van der Waals surface area contributed by atoms with Crippen LogP contribution in [0.15, 0.2) is 24.3 Å². The Kier molecular flexibility index (Phi) is 5.70. The van der Waals surface area contributed by atoms with Crippen molar-refractivity contribution in [1.29, 1.82) is 0 Å². The van der Waals surface area contributed by atoms with Crippen molar-refractivity contribution in [3.8, 4) is 0 Å². The SMILES string of the molecule is CC(NC1CCCCC1C(C)C)c1ccc(I)cc1. The molecule has 19 heavy (non-hydrogen) atoms. The van der Waals surface area contributed by atoms with Crippen LogP contribution in [0.3, 0.4) is 0 Å². The van der Waals surface area contributed by atoms with E-state index in [1.165, 1.54) is 34.8 Å². The van der Waals surface area contributed by atoms with Crippen LogP contribution in [0.2, 0.25) is 0 Å². The van der Waals surface area contributed by atoms with Crippen molar-refractivity contribution in [1.82, 2.24) is 5.32 Å². The van der Waals surface area contributed by atoms with Crippen LogP contribution in [-0.2, 0) is 0 Å². The third-order valence-corrected chi connectivity index (χ3v) is 5.23. The number of hydrogen-bond donors (Lipinski definition) is 1. The average Bonchev–Trinajstić information content (AvgIpc) is 2.39. The summed E-state index contributed by atoms with van der Waals surface area (Å²) >= 11 is 2.37. The van der Waals surface area contributed by atoms with Crippen molar-refractivity contribution in [3.05, 3.63) is 33.4 Å². The van der Waals surface area contributed by atoms with Gasteiger partial charge >= 0.3 is 0 Å². The quantitative estimate of drug-likeness (QED) is 0.722. The number of nitrogens with one attached hydrogen (secondary N) is 1. The van der Waals surface area contributed by atoms with E-state index in [0.717, 1.165) is 11.8 Å². The summed E-state index contributed by atoms with van der Waals surface area (Å²) in [7, 11) is 0. The molecule has 2 heteroatoms. The molecule has 1 aliphatic carbocycles. The van der Waals surface area contributed by atoms with Gasteiger partial charge in [0.25, 0.3) is 0 Å². The van der Waals surface area contributed by atoms with E-state index in [1.54, 1.807) is 0 Å². The van der Waals surface area contributed by atoms with Gasteiger partial charge in [-0.3, -0.25) is 0 Å². The zero-order valence-electron chi connectivity index (χ0n) is 12.3. The molecule has 0 amide bonds. The minimum absolute atomic E-state index is 0.460. The fourth-order valence-electron chi connectivity index (χ4n) is 3.33. The van der Waals surface area contributed by atoms with Gasteiger partial charge in [0.2, 0.25) is 0 Å². The Labute approximate surface area is 131 Å². The molecule has 0 heterocycles. The van der Waals surface area contributed by atoms with Gasteiger partial charge in [-0.15, -0.1) is 0 Å². The Morgan fingerprint density at radius 1 is 1.05 bits per heavy atom. The molecule has 0 radical (unpaired) electrons. The van der Waals surface area contributed by atoms with E-state index in [1.807, 2.05) is 0 Å². The van der Waals surface area contributed by atoms with Gasteiger partial charge in [0.15, 0.2) is 0 Å². The maximum atomic E-state index is 3.88. The van der Waals surface area contributed by atoms with Crippen molar-refractivity contribution in [2.24, 2.45) is 11.8 Å². The summed E-state index contributed by atoms with van der Waals surface area (Å²) in [4.78, 5) is 0. The highest BCUT2D eigenvalue weighted by Gasteiger charge is 2.28. The van der Waals surface area contributed by atoms with Crippen molar-refractivity contribution in [2.45, 2.75) is 58.5 Å². The molecule has 106 valence electrons. The smallest absolute Gasteiger partial charge is 0.0294 e. The summed E-state index contributed by atoms with van der Waals surface area (Å²) in [6.45, 7) is 7.05. The minimum Gasteiger partial charge on any atom is -0.307 e. The van der Waals surface area contributed by atoms with Crippen LogP contribution in [0.4, 0.5) is 0 Å². The second-order valence-electron chi connectivity index (χ2n) is 6.24. The first-order chi connectivity index (χ1) is 9.08. The molecule has 1 nitrogen and oxygen atoms in total. The molecule has 0 spiro atoms. The Morgan fingerprint density at radius 2 is 1.68 bits per heavy atom. The normalized spacial score (nSPS) is 25.5. The summed E-state index contributed by atoms with van der Waals surface area (Å²) in [5, 5.41) is 3.88. The molecule has 1 N–H and O–H groups in total. The highest BCUT2D eigenvalue weighted by molar-refractivity contribution is 14.1. The van der Waals surface area contributed by atoms with E-state index >= 15 is 0 Å². The highest BCUT2D eigenvalue weighted by Crippen LogP contribution is 2.31. The van der Waals surface area contributed by atoms with Gasteiger partial charge in [-0.1, -0.05) is 38.8 Å². The van der Waals surface area contributed by atoms with Crippen molar-refractivity contribution in [2.75, 3.05) is 0 Å². The van der Waals surface area contributed by atoms with Crippen LogP contribution in [-0.4, -0.2) is 6.04 Å². The lowest BCUT2D eigenvalue weighted by Gasteiger charge is -2.37. The van der Waals surface area contributed by atoms with Crippen LogP contribution in [0.5, 0.6) is 0 Å². The predicted molar refractivity (Wildman–Crippen MR) is 91.3 cm³/mol. The monoisotopic (exact) mass is 371 g/mol. The minimum atomic E-state index is 0.460. The van der Waals surface area contributed by atoms with Gasteiger partial charge in [0, 0.05) is 15.7 Å².